The highest BCUT2D eigenvalue weighted by Crippen LogP contribution is 2.31. The molecule has 1 aromatic heterocycles. The van der Waals surface area contributed by atoms with Gasteiger partial charge >= 0.3 is 0 Å². The third kappa shape index (κ3) is 3.03. The summed E-state index contributed by atoms with van der Waals surface area (Å²) in [6, 6.07) is 1.99. The predicted octanol–water partition coefficient (Wildman–Crippen LogP) is 2.38. The monoisotopic (exact) mass is 290 g/mol. The molecular weight excluding hydrogens is 276 g/mol. The fourth-order valence-electron chi connectivity index (χ4n) is 1.10. The van der Waals surface area contributed by atoms with Gasteiger partial charge in [-0.25, -0.2) is 5.01 Å². The number of halogens is 1. The van der Waals surface area contributed by atoms with Crippen molar-refractivity contribution in [3.05, 3.63) is 20.8 Å². The first-order valence-corrected chi connectivity index (χ1v) is 6.24. The van der Waals surface area contributed by atoms with Crippen LogP contribution in [0.2, 0.25) is 0 Å². The molecule has 15 heavy (non-hydrogen) atoms. The summed E-state index contributed by atoms with van der Waals surface area (Å²) in [7, 11) is 3.61. The molecule has 3 nitrogen and oxygen atoms in total. The molecule has 1 rings (SSSR count). The summed E-state index contributed by atoms with van der Waals surface area (Å²) in [4.78, 5) is 13.0. The summed E-state index contributed by atoms with van der Waals surface area (Å²) in [6.45, 7) is 3.84. The zero-order valence-electron chi connectivity index (χ0n) is 9.30. The molecule has 0 fully saturated rings. The van der Waals surface area contributed by atoms with Gasteiger partial charge in [0, 0.05) is 28.8 Å². The average Bonchev–Trinajstić information content (AvgIpc) is 2.50. The van der Waals surface area contributed by atoms with Crippen LogP contribution in [0.25, 0.3) is 0 Å². The van der Waals surface area contributed by atoms with Crippen molar-refractivity contribution in [1.29, 1.82) is 0 Å². The van der Waals surface area contributed by atoms with Crippen LogP contribution in [0.15, 0.2) is 15.9 Å². The van der Waals surface area contributed by atoms with Crippen LogP contribution in [0.5, 0.6) is 0 Å². The lowest BCUT2D eigenvalue weighted by Gasteiger charge is -2.24. The molecule has 0 saturated heterocycles. The topological polar surface area (TPSA) is 32.3 Å². The molecule has 84 valence electrons. The van der Waals surface area contributed by atoms with Crippen LogP contribution in [0.4, 0.5) is 0 Å². The molecule has 1 amide bonds. The van der Waals surface area contributed by atoms with Crippen molar-refractivity contribution in [1.82, 2.24) is 10.4 Å². The van der Waals surface area contributed by atoms with Crippen molar-refractivity contribution in [3.63, 3.8) is 0 Å². The van der Waals surface area contributed by atoms with E-state index >= 15 is 0 Å². The van der Waals surface area contributed by atoms with Gasteiger partial charge < -0.3 is 0 Å². The largest absolute Gasteiger partial charge is 0.289 e. The van der Waals surface area contributed by atoms with E-state index in [4.69, 9.17) is 0 Å². The van der Waals surface area contributed by atoms with E-state index in [0.717, 1.165) is 9.35 Å². The zero-order valence-corrected chi connectivity index (χ0v) is 11.7. The lowest BCUT2D eigenvalue weighted by atomic mass is 9.91. The summed E-state index contributed by atoms with van der Waals surface area (Å²) < 4.78 is 1.02. The molecule has 0 radical (unpaired) electrons. The lowest BCUT2D eigenvalue weighted by Crippen LogP contribution is -2.45. The van der Waals surface area contributed by atoms with Crippen molar-refractivity contribution in [2.45, 2.75) is 19.3 Å². The first-order chi connectivity index (χ1) is 6.84. The molecule has 0 aliphatic rings. The van der Waals surface area contributed by atoms with Crippen LogP contribution in [0.1, 0.15) is 18.7 Å². The van der Waals surface area contributed by atoms with Crippen LogP contribution in [-0.4, -0.2) is 25.0 Å². The van der Waals surface area contributed by atoms with E-state index in [1.807, 2.05) is 25.3 Å². The van der Waals surface area contributed by atoms with E-state index in [-0.39, 0.29) is 5.91 Å². The minimum absolute atomic E-state index is 0.00171. The molecule has 5 heteroatoms. The van der Waals surface area contributed by atoms with Crippen LogP contribution < -0.4 is 5.43 Å². The molecule has 1 aromatic rings. The van der Waals surface area contributed by atoms with Crippen LogP contribution in [0.3, 0.4) is 0 Å². The third-order valence-corrected chi connectivity index (χ3v) is 4.09. The fraction of sp³-hybridized carbons (Fsp3) is 0.500. The number of hydrogen-bond acceptors (Lipinski definition) is 3. The van der Waals surface area contributed by atoms with Crippen molar-refractivity contribution in [3.8, 4) is 0 Å². The van der Waals surface area contributed by atoms with E-state index < -0.39 is 5.41 Å². The summed E-state index contributed by atoms with van der Waals surface area (Å²) in [5, 5.41) is 3.65. The van der Waals surface area contributed by atoms with Gasteiger partial charge in [0.2, 0.25) is 5.91 Å². The maximum absolute atomic E-state index is 11.9. The van der Waals surface area contributed by atoms with Gasteiger partial charge in [-0.1, -0.05) is 0 Å². The van der Waals surface area contributed by atoms with E-state index in [1.165, 1.54) is 0 Å². The molecule has 0 atom stereocenters. The van der Waals surface area contributed by atoms with Crippen molar-refractivity contribution < 1.29 is 4.79 Å². The Kier molecular flexibility index (Phi) is 3.92. The Hall–Kier alpha value is -0.390. The Morgan fingerprint density at radius 1 is 1.53 bits per heavy atom. The normalized spacial score (nSPS) is 11.9. The Morgan fingerprint density at radius 3 is 2.53 bits per heavy atom. The maximum Gasteiger partial charge on any atom is 0.245 e. The number of carbonyl (C=O) groups is 1. The molecule has 0 aliphatic heterocycles. The number of carbonyl (C=O) groups excluding carboxylic acids is 1. The first-order valence-electron chi connectivity index (χ1n) is 4.57. The van der Waals surface area contributed by atoms with Crippen molar-refractivity contribution in [2.24, 2.45) is 0 Å². The molecule has 0 saturated carbocycles. The Balaban J connectivity index is 2.87. The third-order valence-electron chi connectivity index (χ3n) is 2.08. The molecule has 0 unspecified atom stereocenters. The first kappa shape index (κ1) is 12.7. The average molecular weight is 291 g/mol. The molecule has 0 bridgehead atoms. The number of nitrogens with one attached hydrogen (secondary N) is 1. The Bertz CT molecular complexity index is 360. The summed E-state index contributed by atoms with van der Waals surface area (Å²) in [5.74, 6) is 0.00171. The quantitative estimate of drug-likeness (QED) is 0.867. The zero-order chi connectivity index (χ0) is 11.6. The number of hydrazine groups is 1. The van der Waals surface area contributed by atoms with Gasteiger partial charge in [0.15, 0.2) is 0 Å². The fourth-order valence-corrected chi connectivity index (χ4v) is 2.65. The predicted molar refractivity (Wildman–Crippen MR) is 66.9 cm³/mol. The summed E-state index contributed by atoms with van der Waals surface area (Å²) in [6.07, 6.45) is 0. The summed E-state index contributed by atoms with van der Waals surface area (Å²) >= 11 is 4.98. The number of nitrogens with zero attached hydrogens (tertiary/aromatic N) is 1. The molecule has 1 N–H and O–H groups in total. The molecule has 0 spiro atoms. The van der Waals surface area contributed by atoms with Gasteiger partial charge in [0.25, 0.3) is 0 Å². The molecule has 1 heterocycles. The number of hydrogen-bond donors (Lipinski definition) is 1. The van der Waals surface area contributed by atoms with Gasteiger partial charge in [-0.15, -0.1) is 11.3 Å². The van der Waals surface area contributed by atoms with E-state index in [9.17, 15) is 4.79 Å². The highest BCUT2D eigenvalue weighted by atomic mass is 79.9. The lowest BCUT2D eigenvalue weighted by molar-refractivity contribution is -0.129. The highest BCUT2D eigenvalue weighted by molar-refractivity contribution is 9.10. The number of amides is 1. The van der Waals surface area contributed by atoms with Crippen LogP contribution in [0, 0.1) is 0 Å². The van der Waals surface area contributed by atoms with E-state index in [0.29, 0.717) is 0 Å². The minimum atomic E-state index is -0.499. The van der Waals surface area contributed by atoms with E-state index in [1.54, 1.807) is 30.4 Å². The Labute approximate surface area is 103 Å². The number of rotatable bonds is 3. The minimum Gasteiger partial charge on any atom is -0.289 e. The molecule has 0 aliphatic carbocycles. The SMILES string of the molecule is CN(C)NC(=O)C(C)(C)c1cc(Br)cs1. The van der Waals surface area contributed by atoms with Crippen molar-refractivity contribution in [2.75, 3.05) is 14.1 Å². The van der Waals surface area contributed by atoms with E-state index in [2.05, 4.69) is 21.4 Å². The van der Waals surface area contributed by atoms with Gasteiger partial charge in [0.05, 0.1) is 5.41 Å². The standard InChI is InChI=1S/C10H15BrN2OS/c1-10(2,9(14)12-13(3)4)8-5-7(11)6-15-8/h5-6H,1-4H3,(H,12,14). The van der Waals surface area contributed by atoms with Gasteiger partial charge in [-0.2, -0.15) is 0 Å². The molecular formula is C10H15BrN2OS. The second kappa shape index (κ2) is 4.63. The maximum atomic E-state index is 11.9. The molecule has 0 aromatic carbocycles. The van der Waals surface area contributed by atoms with Gasteiger partial charge in [-0.3, -0.25) is 10.2 Å². The second-order valence-electron chi connectivity index (χ2n) is 4.09. The second-order valence-corrected chi connectivity index (χ2v) is 5.92. The highest BCUT2D eigenvalue weighted by Gasteiger charge is 2.31. The Morgan fingerprint density at radius 2 is 2.13 bits per heavy atom. The number of thiophene rings is 1. The van der Waals surface area contributed by atoms with Gasteiger partial charge in [-0.05, 0) is 35.8 Å². The summed E-state index contributed by atoms with van der Waals surface area (Å²) in [5.41, 5.74) is 2.28. The van der Waals surface area contributed by atoms with Crippen molar-refractivity contribution >= 4 is 33.2 Å². The smallest absolute Gasteiger partial charge is 0.245 e. The van der Waals surface area contributed by atoms with Crippen LogP contribution >= 0.6 is 27.3 Å². The van der Waals surface area contributed by atoms with Crippen LogP contribution in [-0.2, 0) is 10.2 Å². The van der Waals surface area contributed by atoms with Gasteiger partial charge in [0.1, 0.15) is 0 Å².